The summed E-state index contributed by atoms with van der Waals surface area (Å²) in [5.74, 6) is 0.244. The van der Waals surface area contributed by atoms with Crippen LogP contribution in [0.15, 0.2) is 18.2 Å². The van der Waals surface area contributed by atoms with Crippen LogP contribution in [0.1, 0.15) is 33.3 Å². The molecule has 3 aromatic rings. The van der Waals surface area contributed by atoms with Crippen LogP contribution in [0.5, 0.6) is 0 Å². The van der Waals surface area contributed by atoms with E-state index in [2.05, 4.69) is 15.3 Å². The number of nitrogens with one attached hydrogen (secondary N) is 1. The van der Waals surface area contributed by atoms with Gasteiger partial charge in [-0.05, 0) is 56.0 Å². The lowest BCUT2D eigenvalue weighted by Gasteiger charge is -2.13. The highest BCUT2D eigenvalue weighted by Gasteiger charge is 2.21. The number of aryl methyl sites for hydroxylation is 3. The molecule has 7 heteroatoms. The molecule has 0 saturated carbocycles. The number of esters is 1. The number of nitrogens with zero attached hydrogens (tertiary/aromatic N) is 2. The highest BCUT2D eigenvalue weighted by atomic mass is 35.5. The first-order chi connectivity index (χ1) is 11.9. The minimum absolute atomic E-state index is 0.137. The Labute approximate surface area is 155 Å². The first-order valence-electron chi connectivity index (χ1n) is 7.89. The lowest BCUT2D eigenvalue weighted by molar-refractivity contribution is 0.0531. The van der Waals surface area contributed by atoms with Crippen LogP contribution in [0.4, 0.5) is 11.5 Å². The minimum atomic E-state index is -0.350. The van der Waals surface area contributed by atoms with Crippen molar-refractivity contribution in [2.24, 2.45) is 0 Å². The Balaban J connectivity index is 2.16. The van der Waals surface area contributed by atoms with E-state index in [0.717, 1.165) is 27.8 Å². The summed E-state index contributed by atoms with van der Waals surface area (Å²) in [5, 5.41) is 4.30. The highest BCUT2D eigenvalue weighted by molar-refractivity contribution is 7.20. The molecule has 0 bridgehead atoms. The summed E-state index contributed by atoms with van der Waals surface area (Å²) in [6, 6.07) is 6.06. The molecule has 0 aliphatic rings. The van der Waals surface area contributed by atoms with Crippen molar-refractivity contribution in [2.45, 2.75) is 27.7 Å². The molecule has 0 radical (unpaired) electrons. The zero-order valence-corrected chi connectivity index (χ0v) is 16.0. The molecule has 25 heavy (non-hydrogen) atoms. The van der Waals surface area contributed by atoms with Crippen LogP contribution in [-0.2, 0) is 4.74 Å². The summed E-state index contributed by atoms with van der Waals surface area (Å²) in [4.78, 5) is 22.0. The quantitative estimate of drug-likeness (QED) is 0.502. The van der Waals surface area contributed by atoms with Crippen molar-refractivity contribution in [1.82, 2.24) is 9.97 Å². The van der Waals surface area contributed by atoms with Crippen molar-refractivity contribution in [3.63, 3.8) is 0 Å². The van der Waals surface area contributed by atoms with Gasteiger partial charge in [0, 0.05) is 5.69 Å². The molecule has 5 nitrogen and oxygen atoms in total. The first kappa shape index (κ1) is 17.6. The van der Waals surface area contributed by atoms with Crippen LogP contribution < -0.4 is 5.32 Å². The smallest absolute Gasteiger partial charge is 0.348 e. The molecule has 130 valence electrons. The average molecular weight is 376 g/mol. The van der Waals surface area contributed by atoms with E-state index in [4.69, 9.17) is 16.3 Å². The molecule has 2 aromatic heterocycles. The molecule has 1 N–H and O–H groups in total. The molecule has 0 fully saturated rings. The van der Waals surface area contributed by atoms with E-state index >= 15 is 0 Å². The summed E-state index contributed by atoms with van der Waals surface area (Å²) in [6.45, 7) is 8.04. The van der Waals surface area contributed by atoms with Gasteiger partial charge >= 0.3 is 5.97 Å². The van der Waals surface area contributed by atoms with E-state index in [1.807, 2.05) is 39.0 Å². The number of hydrogen-bond acceptors (Lipinski definition) is 6. The molecule has 2 heterocycles. The molecule has 0 aliphatic heterocycles. The number of fused-ring (bicyclic) bond motifs is 1. The molecule has 0 saturated heterocycles. The number of hydrogen-bond donors (Lipinski definition) is 1. The number of carbonyl (C=O) groups excluding carboxylic acids is 1. The Hall–Kier alpha value is -2.18. The molecule has 0 atom stereocenters. The third-order valence-corrected chi connectivity index (χ3v) is 5.28. The number of aromatic nitrogens is 2. The zero-order chi connectivity index (χ0) is 18.1. The van der Waals surface area contributed by atoms with Crippen LogP contribution >= 0.6 is 22.9 Å². The van der Waals surface area contributed by atoms with Gasteiger partial charge in [0.2, 0.25) is 5.28 Å². The van der Waals surface area contributed by atoms with E-state index in [1.165, 1.54) is 11.3 Å². The summed E-state index contributed by atoms with van der Waals surface area (Å²) >= 11 is 7.37. The van der Waals surface area contributed by atoms with Crippen LogP contribution in [0.3, 0.4) is 0 Å². The molecule has 0 amide bonds. The van der Waals surface area contributed by atoms with Crippen molar-refractivity contribution < 1.29 is 9.53 Å². The number of benzene rings is 1. The van der Waals surface area contributed by atoms with Gasteiger partial charge in [0.1, 0.15) is 15.5 Å². The highest BCUT2D eigenvalue weighted by Crippen LogP contribution is 2.37. The Bertz CT molecular complexity index is 948. The van der Waals surface area contributed by atoms with Gasteiger partial charge in [0.25, 0.3) is 0 Å². The SMILES string of the molecule is CCOC(=O)c1sc2nc(Cl)nc(Nc3c(C)cccc3C)c2c1C. The van der Waals surface area contributed by atoms with E-state index in [9.17, 15) is 4.79 Å². The summed E-state index contributed by atoms with van der Waals surface area (Å²) in [6.07, 6.45) is 0. The minimum Gasteiger partial charge on any atom is -0.462 e. The second-order valence-corrected chi connectivity index (χ2v) is 7.03. The van der Waals surface area contributed by atoms with Gasteiger partial charge < -0.3 is 10.1 Å². The Kier molecular flexibility index (Phi) is 4.92. The van der Waals surface area contributed by atoms with Crippen molar-refractivity contribution in [1.29, 1.82) is 0 Å². The molecule has 1 aromatic carbocycles. The summed E-state index contributed by atoms with van der Waals surface area (Å²) in [5.41, 5.74) is 3.97. The number of carbonyl (C=O) groups is 1. The van der Waals surface area contributed by atoms with Gasteiger partial charge in [-0.25, -0.2) is 9.78 Å². The maximum atomic E-state index is 12.2. The van der Waals surface area contributed by atoms with Crippen LogP contribution in [-0.4, -0.2) is 22.5 Å². The lowest BCUT2D eigenvalue weighted by Crippen LogP contribution is -2.04. The maximum absolute atomic E-state index is 12.2. The standard InChI is InChI=1S/C18H18ClN3O2S/c1-5-24-17(23)14-11(4)12-15(21-18(19)22-16(12)25-14)20-13-9(2)7-6-8-10(13)3/h6-8H,5H2,1-4H3,(H,20,21,22). The van der Waals surface area contributed by atoms with Gasteiger partial charge in [-0.2, -0.15) is 4.98 Å². The van der Waals surface area contributed by atoms with Gasteiger partial charge in [-0.3, -0.25) is 0 Å². The first-order valence-corrected chi connectivity index (χ1v) is 9.08. The molecule has 0 aliphatic carbocycles. The van der Waals surface area contributed by atoms with Crippen LogP contribution in [0.2, 0.25) is 5.28 Å². The molecule has 0 unspecified atom stereocenters. The van der Waals surface area contributed by atoms with Crippen LogP contribution in [0, 0.1) is 20.8 Å². The topological polar surface area (TPSA) is 64.1 Å². The number of rotatable bonds is 4. The third-order valence-electron chi connectivity index (χ3n) is 3.95. The predicted octanol–water partition coefficient (Wildman–Crippen LogP) is 5.19. The summed E-state index contributed by atoms with van der Waals surface area (Å²) < 4.78 is 5.13. The Morgan fingerprint density at radius 1 is 1.24 bits per heavy atom. The second kappa shape index (κ2) is 6.98. The second-order valence-electron chi connectivity index (χ2n) is 5.69. The van der Waals surface area contributed by atoms with Crippen molar-refractivity contribution >= 4 is 50.6 Å². The lowest BCUT2D eigenvalue weighted by atomic mass is 10.1. The van der Waals surface area contributed by atoms with Crippen molar-refractivity contribution in [2.75, 3.05) is 11.9 Å². The Morgan fingerprint density at radius 3 is 2.56 bits per heavy atom. The third kappa shape index (κ3) is 3.32. The van der Waals surface area contributed by atoms with Crippen LogP contribution in [0.25, 0.3) is 10.2 Å². The van der Waals surface area contributed by atoms with Crippen molar-refractivity contribution in [3.05, 3.63) is 45.1 Å². The monoisotopic (exact) mass is 375 g/mol. The molecular weight excluding hydrogens is 358 g/mol. The number of anilines is 2. The average Bonchev–Trinajstić information content (AvgIpc) is 2.88. The maximum Gasteiger partial charge on any atom is 0.348 e. The Morgan fingerprint density at radius 2 is 1.92 bits per heavy atom. The van der Waals surface area contributed by atoms with Gasteiger partial charge in [-0.15, -0.1) is 11.3 Å². The van der Waals surface area contributed by atoms with E-state index in [-0.39, 0.29) is 11.3 Å². The number of ether oxygens (including phenoxy) is 1. The molecule has 3 rings (SSSR count). The number of para-hydroxylation sites is 1. The van der Waals surface area contributed by atoms with Gasteiger partial charge in [0.15, 0.2) is 0 Å². The normalized spacial score (nSPS) is 10.9. The zero-order valence-electron chi connectivity index (χ0n) is 14.4. The van der Waals surface area contributed by atoms with Gasteiger partial charge in [0.05, 0.1) is 12.0 Å². The fourth-order valence-electron chi connectivity index (χ4n) is 2.72. The van der Waals surface area contributed by atoms with E-state index in [1.54, 1.807) is 6.92 Å². The fourth-order valence-corrected chi connectivity index (χ4v) is 4.02. The van der Waals surface area contributed by atoms with E-state index < -0.39 is 0 Å². The largest absolute Gasteiger partial charge is 0.462 e. The number of halogens is 1. The summed E-state index contributed by atoms with van der Waals surface area (Å²) in [7, 11) is 0. The van der Waals surface area contributed by atoms with Crippen molar-refractivity contribution in [3.8, 4) is 0 Å². The molecule has 0 spiro atoms. The number of thiophene rings is 1. The molecular formula is C18H18ClN3O2S. The fraction of sp³-hybridized carbons (Fsp3) is 0.278. The van der Waals surface area contributed by atoms with Gasteiger partial charge in [-0.1, -0.05) is 18.2 Å². The van der Waals surface area contributed by atoms with E-state index in [0.29, 0.717) is 22.1 Å². The predicted molar refractivity (Wildman–Crippen MR) is 102 cm³/mol.